The summed E-state index contributed by atoms with van der Waals surface area (Å²) in [6.45, 7) is 0.869. The number of aliphatic imine (C=N–C) groups is 1. The minimum atomic E-state index is 0.155. The third kappa shape index (κ3) is 1.88. The number of nitrogens with two attached hydrogens (primary N) is 1. The maximum atomic E-state index is 6.14. The van der Waals surface area contributed by atoms with Gasteiger partial charge in [-0.3, -0.25) is 4.99 Å². The summed E-state index contributed by atoms with van der Waals surface area (Å²) in [5.74, 6) is 0.697. The van der Waals surface area contributed by atoms with Crippen LogP contribution in [-0.4, -0.2) is 18.0 Å². The van der Waals surface area contributed by atoms with Crippen molar-refractivity contribution in [1.82, 2.24) is 0 Å². The highest BCUT2D eigenvalue weighted by Crippen LogP contribution is 2.38. The van der Waals surface area contributed by atoms with Crippen molar-refractivity contribution in [2.75, 3.05) is 11.4 Å². The third-order valence-corrected chi connectivity index (χ3v) is 4.29. The van der Waals surface area contributed by atoms with E-state index >= 15 is 0 Å². The van der Waals surface area contributed by atoms with Crippen LogP contribution >= 0.6 is 0 Å². The molecule has 3 rings (SSSR count). The number of hydrogen-bond donors (Lipinski definition) is 1. The van der Waals surface area contributed by atoms with E-state index in [0.29, 0.717) is 5.96 Å². The van der Waals surface area contributed by atoms with Crippen molar-refractivity contribution in [3.8, 4) is 0 Å². The second kappa shape index (κ2) is 4.63. The van der Waals surface area contributed by atoms with Crippen molar-refractivity contribution in [2.45, 2.75) is 44.1 Å². The lowest BCUT2D eigenvalue weighted by atomic mass is 9.89. The van der Waals surface area contributed by atoms with Crippen molar-refractivity contribution in [3.63, 3.8) is 0 Å². The molecule has 1 aliphatic heterocycles. The molecule has 1 saturated carbocycles. The van der Waals surface area contributed by atoms with Gasteiger partial charge in [0, 0.05) is 5.69 Å². The lowest BCUT2D eigenvalue weighted by Gasteiger charge is -2.38. The Labute approximate surface area is 109 Å². The first kappa shape index (κ1) is 11.6. The normalized spacial score (nSPS) is 22.9. The van der Waals surface area contributed by atoms with Gasteiger partial charge in [-0.25, -0.2) is 0 Å². The zero-order chi connectivity index (χ0) is 12.4. The highest BCUT2D eigenvalue weighted by atomic mass is 15.4. The van der Waals surface area contributed by atoms with Gasteiger partial charge in [0.1, 0.15) is 0 Å². The molecule has 0 aromatic heterocycles. The molecule has 0 radical (unpaired) electrons. The van der Waals surface area contributed by atoms with Crippen molar-refractivity contribution >= 4 is 11.6 Å². The molecule has 2 aliphatic rings. The molecule has 0 saturated heterocycles. The number of hydrogen-bond acceptors (Lipinski definition) is 3. The molecule has 1 aromatic rings. The molecule has 1 aromatic carbocycles. The maximum absolute atomic E-state index is 6.14. The zero-order valence-corrected chi connectivity index (χ0v) is 10.8. The van der Waals surface area contributed by atoms with E-state index in [-0.39, 0.29) is 5.54 Å². The fourth-order valence-electron chi connectivity index (χ4n) is 3.36. The van der Waals surface area contributed by atoms with E-state index in [0.717, 1.165) is 6.54 Å². The van der Waals surface area contributed by atoms with E-state index in [1.165, 1.54) is 44.2 Å². The smallest absolute Gasteiger partial charge is 0.196 e. The number of benzene rings is 1. The average Bonchev–Trinajstić information content (AvgIpc) is 2.58. The first-order valence-corrected chi connectivity index (χ1v) is 6.97. The maximum Gasteiger partial charge on any atom is 0.196 e. The third-order valence-electron chi connectivity index (χ3n) is 4.29. The average molecular weight is 243 g/mol. The summed E-state index contributed by atoms with van der Waals surface area (Å²) < 4.78 is 0. The van der Waals surface area contributed by atoms with Gasteiger partial charge < -0.3 is 10.6 Å². The minimum Gasteiger partial charge on any atom is -0.369 e. The number of nitrogens with zero attached hydrogens (tertiary/aromatic N) is 2. The highest BCUT2D eigenvalue weighted by Gasteiger charge is 2.42. The van der Waals surface area contributed by atoms with Crippen LogP contribution < -0.4 is 10.6 Å². The standard InChI is InChI=1S/C15H21N3/c16-14-17-12-15(10-6-1-2-7-11-15)18(14)13-8-4-3-5-9-13/h3-5,8-9H,1-2,6-7,10-12H2,(H2,16,17). The number of para-hydroxylation sites is 1. The number of rotatable bonds is 1. The summed E-state index contributed by atoms with van der Waals surface area (Å²) in [6, 6.07) is 10.5. The van der Waals surface area contributed by atoms with Gasteiger partial charge in [0.2, 0.25) is 0 Å². The van der Waals surface area contributed by atoms with Crippen LogP contribution in [0.3, 0.4) is 0 Å². The van der Waals surface area contributed by atoms with Crippen LogP contribution in [-0.2, 0) is 0 Å². The van der Waals surface area contributed by atoms with Gasteiger partial charge in [-0.2, -0.15) is 0 Å². The zero-order valence-electron chi connectivity index (χ0n) is 10.8. The minimum absolute atomic E-state index is 0.155. The molecule has 1 heterocycles. The van der Waals surface area contributed by atoms with Crippen molar-refractivity contribution in [2.24, 2.45) is 10.7 Å². The molecule has 0 amide bonds. The first-order chi connectivity index (χ1) is 8.82. The van der Waals surface area contributed by atoms with Crippen molar-refractivity contribution in [3.05, 3.63) is 30.3 Å². The molecule has 0 bridgehead atoms. The van der Waals surface area contributed by atoms with Gasteiger partial charge in [0.15, 0.2) is 5.96 Å². The van der Waals surface area contributed by atoms with Crippen LogP contribution in [0.1, 0.15) is 38.5 Å². The van der Waals surface area contributed by atoms with E-state index in [4.69, 9.17) is 5.73 Å². The molecule has 0 unspecified atom stereocenters. The largest absolute Gasteiger partial charge is 0.369 e. The number of anilines is 1. The Morgan fingerprint density at radius 1 is 1.00 bits per heavy atom. The summed E-state index contributed by atoms with van der Waals surface area (Å²) in [5, 5.41) is 0. The molecule has 1 fully saturated rings. The molecule has 3 nitrogen and oxygen atoms in total. The van der Waals surface area contributed by atoms with Gasteiger partial charge in [0.25, 0.3) is 0 Å². The molecular weight excluding hydrogens is 222 g/mol. The predicted octanol–water partition coefficient (Wildman–Crippen LogP) is 2.91. The van der Waals surface area contributed by atoms with E-state index in [9.17, 15) is 0 Å². The Balaban J connectivity index is 1.95. The summed E-state index contributed by atoms with van der Waals surface area (Å²) in [5.41, 5.74) is 7.49. The molecule has 18 heavy (non-hydrogen) atoms. The molecule has 0 atom stereocenters. The van der Waals surface area contributed by atoms with E-state index in [1.807, 2.05) is 6.07 Å². The van der Waals surface area contributed by atoms with Crippen molar-refractivity contribution in [1.29, 1.82) is 0 Å². The highest BCUT2D eigenvalue weighted by molar-refractivity contribution is 5.98. The Bertz CT molecular complexity index is 430. The lowest BCUT2D eigenvalue weighted by molar-refractivity contribution is 0.400. The second-order valence-corrected chi connectivity index (χ2v) is 5.48. The van der Waals surface area contributed by atoms with Crippen LogP contribution in [0.25, 0.3) is 0 Å². The van der Waals surface area contributed by atoms with Crippen LogP contribution in [0.5, 0.6) is 0 Å². The molecular formula is C15H21N3. The second-order valence-electron chi connectivity index (χ2n) is 5.48. The van der Waals surface area contributed by atoms with E-state index in [1.54, 1.807) is 0 Å². The Kier molecular flexibility index (Phi) is 2.98. The fourth-order valence-corrected chi connectivity index (χ4v) is 3.36. The monoisotopic (exact) mass is 243 g/mol. The van der Waals surface area contributed by atoms with Gasteiger partial charge in [0.05, 0.1) is 12.1 Å². The summed E-state index contributed by atoms with van der Waals surface area (Å²) in [7, 11) is 0. The summed E-state index contributed by atoms with van der Waals surface area (Å²) >= 11 is 0. The Hall–Kier alpha value is -1.51. The Morgan fingerprint density at radius 2 is 1.67 bits per heavy atom. The lowest BCUT2D eigenvalue weighted by Crippen LogP contribution is -2.51. The topological polar surface area (TPSA) is 41.6 Å². The van der Waals surface area contributed by atoms with Gasteiger partial charge in [-0.15, -0.1) is 0 Å². The first-order valence-electron chi connectivity index (χ1n) is 6.97. The SMILES string of the molecule is NC1=NCC2(CCCCCC2)N1c1ccccc1. The quantitative estimate of drug-likeness (QED) is 0.824. The van der Waals surface area contributed by atoms with Crippen LogP contribution in [0.4, 0.5) is 5.69 Å². The van der Waals surface area contributed by atoms with Gasteiger partial charge in [-0.1, -0.05) is 43.9 Å². The summed E-state index contributed by atoms with van der Waals surface area (Å²) in [4.78, 5) is 6.82. The van der Waals surface area contributed by atoms with Crippen molar-refractivity contribution < 1.29 is 0 Å². The van der Waals surface area contributed by atoms with Crippen LogP contribution in [0.2, 0.25) is 0 Å². The molecule has 1 spiro atoms. The van der Waals surface area contributed by atoms with E-state index in [2.05, 4.69) is 34.2 Å². The molecule has 2 N–H and O–H groups in total. The van der Waals surface area contributed by atoms with E-state index < -0.39 is 0 Å². The number of guanidine groups is 1. The van der Waals surface area contributed by atoms with Gasteiger partial charge >= 0.3 is 0 Å². The van der Waals surface area contributed by atoms with Gasteiger partial charge in [-0.05, 0) is 25.0 Å². The molecule has 1 aliphatic carbocycles. The van der Waals surface area contributed by atoms with Crippen LogP contribution in [0.15, 0.2) is 35.3 Å². The predicted molar refractivity (Wildman–Crippen MR) is 75.8 cm³/mol. The molecule has 96 valence electrons. The Morgan fingerprint density at radius 3 is 2.33 bits per heavy atom. The fraction of sp³-hybridized carbons (Fsp3) is 0.533. The molecule has 3 heteroatoms. The van der Waals surface area contributed by atoms with Crippen LogP contribution in [0, 0.1) is 0 Å². The summed E-state index contributed by atoms with van der Waals surface area (Å²) in [6.07, 6.45) is 7.73.